The van der Waals surface area contributed by atoms with E-state index in [1.165, 1.54) is 81.4 Å². The third-order valence-electron chi connectivity index (χ3n) is 11.5. The van der Waals surface area contributed by atoms with Crippen LogP contribution in [0.3, 0.4) is 0 Å². The average Bonchev–Trinajstić information content (AvgIpc) is 3.85. The lowest BCUT2D eigenvalue weighted by molar-refractivity contribution is 0.668. The molecule has 11 rings (SSSR count). The molecule has 57 heavy (non-hydrogen) atoms. The van der Waals surface area contributed by atoms with Crippen LogP contribution in [0.4, 0.5) is 0 Å². The van der Waals surface area contributed by atoms with Gasteiger partial charge in [0.05, 0.1) is 0 Å². The first-order chi connectivity index (χ1) is 28.3. The number of fused-ring (bicyclic) bond motifs is 6. The van der Waals surface area contributed by atoms with Crippen molar-refractivity contribution in [3.8, 4) is 44.5 Å². The molecular weight excluding hydrogens is 709 g/mol. The van der Waals surface area contributed by atoms with E-state index in [0.717, 1.165) is 21.9 Å². The van der Waals surface area contributed by atoms with Gasteiger partial charge >= 0.3 is 0 Å². The summed E-state index contributed by atoms with van der Waals surface area (Å²) in [5.41, 5.74) is 15.2. The predicted octanol–water partition coefficient (Wildman–Crippen LogP) is 15.8. The van der Waals surface area contributed by atoms with Crippen molar-refractivity contribution in [1.82, 2.24) is 0 Å². The monoisotopic (exact) mass is 744 g/mol. The highest BCUT2D eigenvalue weighted by Gasteiger charge is 2.25. The van der Waals surface area contributed by atoms with Gasteiger partial charge in [0.2, 0.25) is 0 Å². The van der Waals surface area contributed by atoms with Gasteiger partial charge in [0.25, 0.3) is 0 Å². The van der Waals surface area contributed by atoms with Gasteiger partial charge in [-0.15, -0.1) is 11.3 Å². The number of thiophene rings is 1. The maximum absolute atomic E-state index is 6.51. The third kappa shape index (κ3) is 5.85. The minimum atomic E-state index is -0.0675. The Morgan fingerprint density at radius 3 is 1.79 bits per heavy atom. The molecule has 0 bridgehead atoms. The number of rotatable bonds is 7. The number of benzene rings is 9. The van der Waals surface area contributed by atoms with Crippen molar-refractivity contribution in [1.29, 1.82) is 0 Å². The number of para-hydroxylation sites is 1. The Balaban J connectivity index is 1.16. The summed E-state index contributed by atoms with van der Waals surface area (Å²) >= 11 is 1.87. The fourth-order valence-electron chi connectivity index (χ4n) is 8.79. The minimum Gasteiger partial charge on any atom is -0.456 e. The van der Waals surface area contributed by atoms with E-state index in [4.69, 9.17) is 4.42 Å². The second-order valence-corrected chi connectivity index (χ2v) is 15.9. The topological polar surface area (TPSA) is 13.1 Å². The first-order valence-corrected chi connectivity index (χ1v) is 20.3. The van der Waals surface area contributed by atoms with E-state index in [2.05, 4.69) is 206 Å². The molecule has 11 aromatic rings. The van der Waals surface area contributed by atoms with Crippen LogP contribution in [0.15, 0.2) is 217 Å². The van der Waals surface area contributed by atoms with E-state index >= 15 is 0 Å². The van der Waals surface area contributed by atoms with Gasteiger partial charge < -0.3 is 4.42 Å². The van der Waals surface area contributed by atoms with Gasteiger partial charge in [0, 0.05) is 36.9 Å². The van der Waals surface area contributed by atoms with Gasteiger partial charge in [-0.1, -0.05) is 182 Å². The largest absolute Gasteiger partial charge is 0.456 e. The van der Waals surface area contributed by atoms with Gasteiger partial charge in [-0.2, -0.15) is 0 Å². The molecule has 1 nitrogen and oxygen atoms in total. The Morgan fingerprint density at radius 2 is 0.965 bits per heavy atom. The van der Waals surface area contributed by atoms with Gasteiger partial charge in [0.15, 0.2) is 0 Å². The van der Waals surface area contributed by atoms with Crippen LogP contribution in [0.1, 0.15) is 22.6 Å². The Kier molecular flexibility index (Phi) is 8.15. The molecule has 0 aliphatic carbocycles. The summed E-state index contributed by atoms with van der Waals surface area (Å²) in [4.78, 5) is 0. The highest BCUT2D eigenvalue weighted by Crippen LogP contribution is 2.48. The zero-order chi connectivity index (χ0) is 37.7. The molecule has 268 valence electrons. The fraction of sp³-hybridized carbons (Fsp3) is 0.0182. The second-order valence-electron chi connectivity index (χ2n) is 14.8. The predicted molar refractivity (Wildman–Crippen MR) is 242 cm³/mol. The Morgan fingerprint density at radius 1 is 0.351 bits per heavy atom. The van der Waals surface area contributed by atoms with E-state index < -0.39 is 0 Å². The molecule has 1 unspecified atom stereocenters. The van der Waals surface area contributed by atoms with Crippen LogP contribution in [-0.4, -0.2) is 0 Å². The maximum atomic E-state index is 6.51. The molecule has 0 saturated heterocycles. The van der Waals surface area contributed by atoms with Crippen molar-refractivity contribution in [2.45, 2.75) is 5.92 Å². The summed E-state index contributed by atoms with van der Waals surface area (Å²) in [6, 6.07) is 77.3. The standard InChI is InChI=1S/C55H36OS/c1-3-14-36(15-4-1)38-26-28-39(29-27-38)53(42-30-31-45-44-21-9-11-24-49(44)56-50(45)35-42)46-22-8-7-20-43(46)47-32-33-52-55(48-23-10-12-25-51(48)57-52)54(47)41-19-13-18-40(34-41)37-16-5-2-6-17-37/h1-35,53H. The van der Waals surface area contributed by atoms with Gasteiger partial charge in [-0.3, -0.25) is 0 Å². The lowest BCUT2D eigenvalue weighted by Crippen LogP contribution is -2.06. The zero-order valence-corrected chi connectivity index (χ0v) is 31.9. The van der Waals surface area contributed by atoms with Crippen LogP contribution >= 0.6 is 11.3 Å². The first kappa shape index (κ1) is 33.3. The summed E-state index contributed by atoms with van der Waals surface area (Å²) < 4.78 is 9.11. The highest BCUT2D eigenvalue weighted by molar-refractivity contribution is 7.26. The molecule has 0 spiro atoms. The molecule has 0 saturated carbocycles. The number of furan rings is 1. The molecular formula is C55H36OS. The molecule has 0 radical (unpaired) electrons. The van der Waals surface area contributed by atoms with Crippen molar-refractivity contribution in [2.24, 2.45) is 0 Å². The average molecular weight is 745 g/mol. The Bertz CT molecular complexity index is 3220. The molecule has 0 aliphatic heterocycles. The molecule has 0 N–H and O–H groups in total. The normalized spacial score (nSPS) is 12.1. The lowest BCUT2D eigenvalue weighted by Gasteiger charge is -2.24. The summed E-state index contributed by atoms with van der Waals surface area (Å²) in [5, 5.41) is 4.87. The quantitative estimate of drug-likeness (QED) is 0.148. The second kappa shape index (κ2) is 13.9. The summed E-state index contributed by atoms with van der Waals surface area (Å²) in [7, 11) is 0. The molecule has 0 fully saturated rings. The van der Waals surface area contributed by atoms with Crippen LogP contribution in [0.5, 0.6) is 0 Å². The zero-order valence-electron chi connectivity index (χ0n) is 31.1. The number of hydrogen-bond acceptors (Lipinski definition) is 2. The minimum absolute atomic E-state index is 0.0675. The molecule has 2 heterocycles. The van der Waals surface area contributed by atoms with E-state index in [1.807, 2.05) is 17.4 Å². The maximum Gasteiger partial charge on any atom is 0.135 e. The highest BCUT2D eigenvalue weighted by atomic mass is 32.1. The number of hydrogen-bond donors (Lipinski definition) is 0. The molecule has 0 aliphatic rings. The van der Waals surface area contributed by atoms with Gasteiger partial charge in [-0.25, -0.2) is 0 Å². The summed E-state index contributed by atoms with van der Waals surface area (Å²) in [6.07, 6.45) is 0. The van der Waals surface area contributed by atoms with Crippen LogP contribution in [0.25, 0.3) is 86.6 Å². The fourth-order valence-corrected chi connectivity index (χ4v) is 9.91. The van der Waals surface area contributed by atoms with Crippen LogP contribution in [0, 0.1) is 0 Å². The van der Waals surface area contributed by atoms with Crippen LogP contribution in [-0.2, 0) is 0 Å². The van der Waals surface area contributed by atoms with Gasteiger partial charge in [-0.05, 0) is 91.5 Å². The first-order valence-electron chi connectivity index (χ1n) is 19.5. The van der Waals surface area contributed by atoms with Crippen molar-refractivity contribution >= 4 is 53.4 Å². The van der Waals surface area contributed by atoms with E-state index in [9.17, 15) is 0 Å². The van der Waals surface area contributed by atoms with Crippen LogP contribution < -0.4 is 0 Å². The van der Waals surface area contributed by atoms with Crippen molar-refractivity contribution < 1.29 is 4.42 Å². The molecule has 0 amide bonds. The summed E-state index contributed by atoms with van der Waals surface area (Å²) in [6.45, 7) is 0. The van der Waals surface area contributed by atoms with Crippen LogP contribution in [0.2, 0.25) is 0 Å². The van der Waals surface area contributed by atoms with E-state index in [1.54, 1.807) is 0 Å². The molecule has 2 heteroatoms. The van der Waals surface area contributed by atoms with Gasteiger partial charge in [0.1, 0.15) is 11.2 Å². The van der Waals surface area contributed by atoms with Crippen molar-refractivity contribution in [3.05, 3.63) is 229 Å². The Hall–Kier alpha value is -7.00. The molecule has 9 aromatic carbocycles. The van der Waals surface area contributed by atoms with E-state index in [-0.39, 0.29) is 5.92 Å². The molecule has 1 atom stereocenters. The molecule has 2 aromatic heterocycles. The Labute approximate surface area is 335 Å². The third-order valence-corrected chi connectivity index (χ3v) is 12.6. The lowest BCUT2D eigenvalue weighted by atomic mass is 9.79. The van der Waals surface area contributed by atoms with Crippen molar-refractivity contribution in [2.75, 3.05) is 0 Å². The van der Waals surface area contributed by atoms with E-state index in [0.29, 0.717) is 0 Å². The van der Waals surface area contributed by atoms with Crippen molar-refractivity contribution in [3.63, 3.8) is 0 Å². The summed E-state index contributed by atoms with van der Waals surface area (Å²) in [5.74, 6) is -0.0675. The SMILES string of the molecule is c1ccc(-c2ccc(C(c3ccc4c(c3)oc3ccccc34)c3ccccc3-c3ccc4sc5ccccc5c4c3-c3cccc(-c4ccccc4)c3)cc2)cc1. The smallest absolute Gasteiger partial charge is 0.135 e.